The summed E-state index contributed by atoms with van der Waals surface area (Å²) in [6.07, 6.45) is 8.37. The molecule has 1 aliphatic rings. The van der Waals surface area contributed by atoms with E-state index in [0.717, 1.165) is 30.1 Å². The van der Waals surface area contributed by atoms with E-state index in [0.29, 0.717) is 6.04 Å². The fraction of sp³-hybridized carbons (Fsp3) is 0.500. The number of rotatable bonds is 3. The molecule has 2 aromatic rings. The van der Waals surface area contributed by atoms with Gasteiger partial charge in [-0.15, -0.1) is 0 Å². The Balaban J connectivity index is 1.99. The summed E-state index contributed by atoms with van der Waals surface area (Å²) in [4.78, 5) is 9.36. The molecule has 2 aromatic heterocycles. The van der Waals surface area contributed by atoms with E-state index in [4.69, 9.17) is 9.40 Å². The van der Waals surface area contributed by atoms with Gasteiger partial charge in [0.1, 0.15) is 5.76 Å². The molecule has 3 rings (SSSR count). The molecular formula is C16H21N3O. The van der Waals surface area contributed by atoms with Crippen molar-refractivity contribution in [2.24, 2.45) is 0 Å². The lowest BCUT2D eigenvalue weighted by atomic mass is 10.0. The molecule has 2 heterocycles. The molecule has 1 unspecified atom stereocenters. The topological polar surface area (TPSA) is 51.0 Å². The summed E-state index contributed by atoms with van der Waals surface area (Å²) in [5.41, 5.74) is 3.46. The summed E-state index contributed by atoms with van der Waals surface area (Å²) in [6, 6.07) is 2.34. The van der Waals surface area contributed by atoms with Crippen molar-refractivity contribution in [3.63, 3.8) is 0 Å². The van der Waals surface area contributed by atoms with Crippen LogP contribution in [0.4, 0.5) is 0 Å². The van der Waals surface area contributed by atoms with E-state index >= 15 is 0 Å². The molecule has 4 nitrogen and oxygen atoms in total. The third kappa shape index (κ3) is 2.48. The highest BCUT2D eigenvalue weighted by atomic mass is 16.3. The highest BCUT2D eigenvalue weighted by Gasteiger charge is 2.20. The van der Waals surface area contributed by atoms with Gasteiger partial charge in [0, 0.05) is 23.5 Å². The molecule has 0 saturated heterocycles. The molecule has 1 N–H and O–H groups in total. The van der Waals surface area contributed by atoms with E-state index < -0.39 is 0 Å². The Labute approximate surface area is 119 Å². The summed E-state index contributed by atoms with van der Waals surface area (Å²) in [5.74, 6) is 1.66. The maximum absolute atomic E-state index is 5.36. The molecule has 0 bridgehead atoms. The predicted octanol–water partition coefficient (Wildman–Crippen LogP) is 3.42. The van der Waals surface area contributed by atoms with E-state index in [2.05, 4.69) is 17.2 Å². The van der Waals surface area contributed by atoms with Gasteiger partial charge in [-0.3, -0.25) is 0 Å². The van der Waals surface area contributed by atoms with Crippen molar-refractivity contribution >= 4 is 0 Å². The number of hydrogen-bond donors (Lipinski definition) is 1. The predicted molar refractivity (Wildman–Crippen MR) is 78.4 cm³/mol. The fourth-order valence-electron chi connectivity index (χ4n) is 2.92. The Hall–Kier alpha value is -1.68. The van der Waals surface area contributed by atoms with Gasteiger partial charge >= 0.3 is 0 Å². The third-order valence-electron chi connectivity index (χ3n) is 3.98. The maximum Gasteiger partial charge on any atom is 0.162 e. The minimum Gasteiger partial charge on any atom is -0.469 e. The van der Waals surface area contributed by atoms with Crippen LogP contribution in [0.2, 0.25) is 0 Å². The Kier molecular flexibility index (Phi) is 3.83. The summed E-state index contributed by atoms with van der Waals surface area (Å²) in [6.45, 7) is 5.08. The lowest BCUT2D eigenvalue weighted by Gasteiger charge is -2.17. The van der Waals surface area contributed by atoms with Crippen LogP contribution < -0.4 is 5.32 Å². The molecule has 20 heavy (non-hydrogen) atoms. The van der Waals surface area contributed by atoms with Gasteiger partial charge in [0.2, 0.25) is 0 Å². The highest BCUT2D eigenvalue weighted by molar-refractivity contribution is 5.57. The van der Waals surface area contributed by atoms with Gasteiger partial charge in [0.15, 0.2) is 5.82 Å². The van der Waals surface area contributed by atoms with E-state index in [-0.39, 0.29) is 0 Å². The van der Waals surface area contributed by atoms with Crippen LogP contribution in [0.5, 0.6) is 0 Å². The van der Waals surface area contributed by atoms with Crippen molar-refractivity contribution in [1.29, 1.82) is 0 Å². The number of fused-ring (bicyclic) bond motifs is 1. The quantitative estimate of drug-likeness (QED) is 0.869. The molecule has 0 spiro atoms. The van der Waals surface area contributed by atoms with Gasteiger partial charge in [-0.1, -0.05) is 13.3 Å². The zero-order valence-electron chi connectivity index (χ0n) is 12.1. The second kappa shape index (κ2) is 5.75. The molecule has 0 radical (unpaired) electrons. The smallest absolute Gasteiger partial charge is 0.162 e. The van der Waals surface area contributed by atoms with Gasteiger partial charge in [-0.25, -0.2) is 9.97 Å². The van der Waals surface area contributed by atoms with E-state index in [1.165, 1.54) is 30.5 Å². The van der Waals surface area contributed by atoms with Crippen LogP contribution in [0, 0.1) is 6.92 Å². The Bertz CT molecular complexity index is 591. The lowest BCUT2D eigenvalue weighted by molar-refractivity contribution is 0.502. The average Bonchev–Trinajstić information content (AvgIpc) is 2.78. The third-order valence-corrected chi connectivity index (χ3v) is 3.98. The van der Waals surface area contributed by atoms with Crippen LogP contribution in [0.3, 0.4) is 0 Å². The van der Waals surface area contributed by atoms with Crippen molar-refractivity contribution < 1.29 is 4.42 Å². The van der Waals surface area contributed by atoms with Gasteiger partial charge < -0.3 is 9.73 Å². The van der Waals surface area contributed by atoms with Gasteiger partial charge in [-0.2, -0.15) is 0 Å². The SMILES string of the molecule is CCNC1CCCCc2nc(-c3ccoc3C)ncc21. The van der Waals surface area contributed by atoms with Crippen LogP contribution in [0.1, 0.15) is 49.2 Å². The molecule has 0 aliphatic heterocycles. The maximum atomic E-state index is 5.36. The van der Waals surface area contributed by atoms with Gasteiger partial charge in [-0.05, 0) is 38.8 Å². The summed E-state index contributed by atoms with van der Waals surface area (Å²) in [5, 5.41) is 3.55. The fourth-order valence-corrected chi connectivity index (χ4v) is 2.92. The first-order valence-corrected chi connectivity index (χ1v) is 7.43. The van der Waals surface area contributed by atoms with Crippen LogP contribution in [-0.4, -0.2) is 16.5 Å². The summed E-state index contributed by atoms with van der Waals surface area (Å²) in [7, 11) is 0. The molecular weight excluding hydrogens is 250 g/mol. The number of nitrogens with zero attached hydrogens (tertiary/aromatic N) is 2. The van der Waals surface area contributed by atoms with Crippen LogP contribution in [-0.2, 0) is 6.42 Å². The number of nitrogens with one attached hydrogen (secondary N) is 1. The Morgan fingerprint density at radius 1 is 1.40 bits per heavy atom. The molecule has 0 aromatic carbocycles. The molecule has 0 amide bonds. The molecule has 1 aliphatic carbocycles. The summed E-state index contributed by atoms with van der Waals surface area (Å²) < 4.78 is 5.36. The molecule has 0 fully saturated rings. The van der Waals surface area contributed by atoms with Crippen molar-refractivity contribution in [3.05, 3.63) is 35.5 Å². The normalized spacial score (nSPS) is 18.6. The van der Waals surface area contributed by atoms with Crippen molar-refractivity contribution in [2.45, 2.75) is 45.6 Å². The largest absolute Gasteiger partial charge is 0.469 e. The van der Waals surface area contributed by atoms with Crippen LogP contribution in [0.25, 0.3) is 11.4 Å². The molecule has 4 heteroatoms. The zero-order valence-corrected chi connectivity index (χ0v) is 12.1. The number of aromatic nitrogens is 2. The highest BCUT2D eigenvalue weighted by Crippen LogP contribution is 2.29. The minimum atomic E-state index is 0.400. The van der Waals surface area contributed by atoms with E-state index in [1.54, 1.807) is 6.26 Å². The van der Waals surface area contributed by atoms with Crippen LogP contribution in [0.15, 0.2) is 22.9 Å². The zero-order chi connectivity index (χ0) is 13.9. The number of aryl methyl sites for hydroxylation is 2. The average molecular weight is 271 g/mol. The first kappa shape index (κ1) is 13.3. The second-order valence-electron chi connectivity index (χ2n) is 5.34. The second-order valence-corrected chi connectivity index (χ2v) is 5.34. The first-order chi connectivity index (χ1) is 9.79. The standard InChI is InChI=1S/C16H21N3O/c1-3-17-14-6-4-5-7-15-13(14)10-18-16(19-15)12-8-9-20-11(12)2/h8-10,14,17H,3-7H2,1-2H3. The lowest BCUT2D eigenvalue weighted by Crippen LogP contribution is -2.21. The monoisotopic (exact) mass is 271 g/mol. The minimum absolute atomic E-state index is 0.400. The van der Waals surface area contributed by atoms with Crippen molar-refractivity contribution in [3.8, 4) is 11.4 Å². The number of hydrogen-bond acceptors (Lipinski definition) is 4. The molecule has 1 atom stereocenters. The van der Waals surface area contributed by atoms with Crippen molar-refractivity contribution in [1.82, 2.24) is 15.3 Å². The first-order valence-electron chi connectivity index (χ1n) is 7.43. The van der Waals surface area contributed by atoms with E-state index in [1.807, 2.05) is 19.2 Å². The number of furan rings is 1. The Morgan fingerprint density at radius 2 is 2.30 bits per heavy atom. The van der Waals surface area contributed by atoms with Gasteiger partial charge in [0.25, 0.3) is 0 Å². The summed E-state index contributed by atoms with van der Waals surface area (Å²) >= 11 is 0. The Morgan fingerprint density at radius 3 is 3.05 bits per heavy atom. The van der Waals surface area contributed by atoms with Gasteiger partial charge in [0.05, 0.1) is 11.8 Å². The van der Waals surface area contributed by atoms with E-state index in [9.17, 15) is 0 Å². The van der Waals surface area contributed by atoms with Crippen LogP contribution >= 0.6 is 0 Å². The molecule has 106 valence electrons. The van der Waals surface area contributed by atoms with Crippen molar-refractivity contribution in [2.75, 3.05) is 6.54 Å². The molecule has 0 saturated carbocycles.